The van der Waals surface area contributed by atoms with Gasteiger partial charge in [0.25, 0.3) is 5.91 Å². The average Bonchev–Trinajstić information content (AvgIpc) is 2.96. The highest BCUT2D eigenvalue weighted by Crippen LogP contribution is 2.20. The van der Waals surface area contributed by atoms with E-state index in [0.717, 1.165) is 0 Å². The zero-order valence-corrected chi connectivity index (χ0v) is 14.2. The van der Waals surface area contributed by atoms with Crippen molar-refractivity contribution >= 4 is 29.9 Å². The topological polar surface area (TPSA) is 81.7 Å². The number of halogens is 1. The molecule has 2 rings (SSSR count). The molecule has 1 aromatic carbocycles. The number of nitrogens with zero attached hydrogens (tertiary/aromatic N) is 1. The Kier molecular flexibility index (Phi) is 7.48. The minimum atomic E-state index is -0.431. The number of β-amino-alcohol motifs (C(OH)–C–C–N with tert-alkyl or cyclic N) is 1. The van der Waals surface area contributed by atoms with E-state index in [1.54, 1.807) is 38.2 Å². The van der Waals surface area contributed by atoms with Crippen molar-refractivity contribution in [3.05, 3.63) is 29.8 Å². The second-order valence-corrected chi connectivity index (χ2v) is 5.52. The maximum atomic E-state index is 12.4. The van der Waals surface area contributed by atoms with Crippen molar-refractivity contribution in [2.45, 2.75) is 19.4 Å². The molecule has 3 N–H and O–H groups in total. The molecule has 1 aliphatic rings. The van der Waals surface area contributed by atoms with Crippen molar-refractivity contribution in [3.63, 3.8) is 0 Å². The Hall–Kier alpha value is -1.63. The average molecular weight is 342 g/mol. The van der Waals surface area contributed by atoms with Crippen LogP contribution in [0.4, 0.5) is 5.69 Å². The third-order valence-electron chi connectivity index (χ3n) is 4.02. The summed E-state index contributed by atoms with van der Waals surface area (Å²) < 4.78 is 0. The number of benzene rings is 1. The second kappa shape index (κ2) is 8.86. The third kappa shape index (κ3) is 4.67. The van der Waals surface area contributed by atoms with Gasteiger partial charge in [-0.25, -0.2) is 0 Å². The Morgan fingerprint density at radius 2 is 2.04 bits per heavy atom. The summed E-state index contributed by atoms with van der Waals surface area (Å²) in [5.41, 5.74) is 1.06. The van der Waals surface area contributed by atoms with Crippen molar-refractivity contribution in [2.24, 2.45) is 5.92 Å². The first-order valence-electron chi connectivity index (χ1n) is 7.57. The molecule has 0 bridgehead atoms. The SMILES string of the molecule is CCC(=O)N(C)c1ccccc1C(=O)NCC1CNCC1O.Cl. The Labute approximate surface area is 142 Å². The fraction of sp³-hybridized carbons (Fsp3) is 0.500. The molecule has 0 aliphatic carbocycles. The predicted molar refractivity (Wildman–Crippen MR) is 92.1 cm³/mol. The number of amides is 2. The lowest BCUT2D eigenvalue weighted by atomic mass is 10.1. The molecule has 0 spiro atoms. The molecule has 6 nitrogen and oxygen atoms in total. The number of carbonyl (C=O) groups is 2. The van der Waals surface area contributed by atoms with E-state index in [9.17, 15) is 14.7 Å². The van der Waals surface area contributed by atoms with Crippen LogP contribution in [0.25, 0.3) is 0 Å². The second-order valence-electron chi connectivity index (χ2n) is 5.52. The molecule has 1 aliphatic heterocycles. The van der Waals surface area contributed by atoms with Gasteiger partial charge in [0.05, 0.1) is 17.4 Å². The standard InChI is InChI=1S/C16H23N3O3.ClH/c1-3-15(21)19(2)13-7-5-4-6-12(13)16(22)18-9-11-8-17-10-14(11)20;/h4-7,11,14,17,20H,3,8-10H2,1-2H3,(H,18,22);1H. The van der Waals surface area contributed by atoms with Crippen LogP contribution in [0.3, 0.4) is 0 Å². The van der Waals surface area contributed by atoms with Crippen molar-refractivity contribution in [1.82, 2.24) is 10.6 Å². The predicted octanol–water partition coefficient (Wildman–Crippen LogP) is 0.791. The van der Waals surface area contributed by atoms with Gasteiger partial charge in [0, 0.05) is 39.0 Å². The van der Waals surface area contributed by atoms with Gasteiger partial charge in [0.2, 0.25) is 5.91 Å². The maximum Gasteiger partial charge on any atom is 0.253 e. The molecule has 2 atom stereocenters. The number of aliphatic hydroxyl groups excluding tert-OH is 1. The van der Waals surface area contributed by atoms with Crippen LogP contribution >= 0.6 is 12.4 Å². The Bertz CT molecular complexity index is 553. The summed E-state index contributed by atoms with van der Waals surface area (Å²) in [6.45, 7) is 3.45. The molecule has 0 aromatic heterocycles. The van der Waals surface area contributed by atoms with Crippen LogP contribution in [0.1, 0.15) is 23.7 Å². The normalized spacial score (nSPS) is 19.8. The molecule has 0 radical (unpaired) electrons. The molecule has 1 fully saturated rings. The van der Waals surface area contributed by atoms with E-state index in [0.29, 0.717) is 37.3 Å². The van der Waals surface area contributed by atoms with E-state index < -0.39 is 6.10 Å². The lowest BCUT2D eigenvalue weighted by Crippen LogP contribution is -2.35. The first kappa shape index (κ1) is 19.4. The van der Waals surface area contributed by atoms with Crippen molar-refractivity contribution < 1.29 is 14.7 Å². The fourth-order valence-corrected chi connectivity index (χ4v) is 2.58. The van der Waals surface area contributed by atoms with Crippen LogP contribution in [0.2, 0.25) is 0 Å². The van der Waals surface area contributed by atoms with E-state index in [-0.39, 0.29) is 30.1 Å². The van der Waals surface area contributed by atoms with Crippen molar-refractivity contribution in [3.8, 4) is 0 Å². The summed E-state index contributed by atoms with van der Waals surface area (Å²) >= 11 is 0. The maximum absolute atomic E-state index is 12.4. The zero-order chi connectivity index (χ0) is 16.1. The number of hydrogen-bond acceptors (Lipinski definition) is 4. The van der Waals surface area contributed by atoms with Gasteiger partial charge in [0.15, 0.2) is 0 Å². The van der Waals surface area contributed by atoms with Gasteiger partial charge in [-0.3, -0.25) is 9.59 Å². The van der Waals surface area contributed by atoms with E-state index in [1.807, 2.05) is 0 Å². The fourth-order valence-electron chi connectivity index (χ4n) is 2.58. The van der Waals surface area contributed by atoms with E-state index in [1.165, 1.54) is 4.90 Å². The lowest BCUT2D eigenvalue weighted by Gasteiger charge is -2.20. The third-order valence-corrected chi connectivity index (χ3v) is 4.02. The van der Waals surface area contributed by atoms with Crippen LogP contribution in [0, 0.1) is 5.92 Å². The molecular weight excluding hydrogens is 318 g/mol. The highest BCUT2D eigenvalue weighted by Gasteiger charge is 2.25. The number of nitrogens with one attached hydrogen (secondary N) is 2. The Morgan fingerprint density at radius 1 is 1.35 bits per heavy atom. The molecule has 1 saturated heterocycles. The number of aliphatic hydroxyl groups is 1. The summed E-state index contributed by atoms with van der Waals surface area (Å²) in [5.74, 6) is -0.257. The number of rotatable bonds is 5. The van der Waals surface area contributed by atoms with E-state index in [4.69, 9.17) is 0 Å². The van der Waals surface area contributed by atoms with Gasteiger partial charge in [-0.05, 0) is 12.1 Å². The molecule has 2 amide bonds. The molecule has 7 heteroatoms. The molecule has 0 saturated carbocycles. The minimum absolute atomic E-state index is 0. The molecule has 23 heavy (non-hydrogen) atoms. The van der Waals surface area contributed by atoms with Gasteiger partial charge in [-0.2, -0.15) is 0 Å². The molecule has 2 unspecified atom stereocenters. The van der Waals surface area contributed by atoms with Gasteiger partial charge in [0.1, 0.15) is 0 Å². The highest BCUT2D eigenvalue weighted by molar-refractivity contribution is 6.04. The summed E-state index contributed by atoms with van der Waals surface area (Å²) in [6, 6.07) is 7.03. The van der Waals surface area contributed by atoms with Crippen LogP contribution < -0.4 is 15.5 Å². The van der Waals surface area contributed by atoms with Crippen molar-refractivity contribution in [2.75, 3.05) is 31.6 Å². The van der Waals surface area contributed by atoms with Crippen LogP contribution in [-0.4, -0.2) is 49.7 Å². The van der Waals surface area contributed by atoms with Crippen molar-refractivity contribution in [1.29, 1.82) is 0 Å². The van der Waals surface area contributed by atoms with Gasteiger partial charge in [-0.15, -0.1) is 12.4 Å². The molecule has 1 aromatic rings. The number of para-hydroxylation sites is 1. The van der Waals surface area contributed by atoms with Gasteiger partial charge >= 0.3 is 0 Å². The number of anilines is 1. The Balaban J connectivity index is 0.00000264. The van der Waals surface area contributed by atoms with Crippen LogP contribution in [0.5, 0.6) is 0 Å². The van der Waals surface area contributed by atoms with Crippen LogP contribution in [0.15, 0.2) is 24.3 Å². The quantitative estimate of drug-likeness (QED) is 0.739. The number of carbonyl (C=O) groups excluding carboxylic acids is 2. The molecule has 128 valence electrons. The number of hydrogen-bond donors (Lipinski definition) is 3. The monoisotopic (exact) mass is 341 g/mol. The smallest absolute Gasteiger partial charge is 0.253 e. The summed E-state index contributed by atoms with van der Waals surface area (Å²) in [6.07, 6.45) is -0.0493. The summed E-state index contributed by atoms with van der Waals surface area (Å²) in [7, 11) is 1.67. The largest absolute Gasteiger partial charge is 0.391 e. The van der Waals surface area contributed by atoms with E-state index in [2.05, 4.69) is 10.6 Å². The highest BCUT2D eigenvalue weighted by atomic mass is 35.5. The molecule has 1 heterocycles. The summed E-state index contributed by atoms with van der Waals surface area (Å²) in [4.78, 5) is 25.7. The molecular formula is C16H24ClN3O3. The van der Waals surface area contributed by atoms with Crippen LogP contribution in [-0.2, 0) is 4.79 Å². The van der Waals surface area contributed by atoms with Gasteiger partial charge in [-0.1, -0.05) is 19.1 Å². The minimum Gasteiger partial charge on any atom is -0.391 e. The lowest BCUT2D eigenvalue weighted by molar-refractivity contribution is -0.118. The Morgan fingerprint density at radius 3 is 2.65 bits per heavy atom. The summed E-state index contributed by atoms with van der Waals surface area (Å²) in [5, 5.41) is 15.7. The van der Waals surface area contributed by atoms with E-state index >= 15 is 0 Å². The zero-order valence-electron chi connectivity index (χ0n) is 13.4. The first-order valence-corrected chi connectivity index (χ1v) is 7.57. The van der Waals surface area contributed by atoms with Gasteiger partial charge < -0.3 is 20.6 Å². The first-order chi connectivity index (χ1) is 10.5.